The molecule has 1 aliphatic carbocycles. The van der Waals surface area contributed by atoms with Crippen LogP contribution in [0.3, 0.4) is 0 Å². The first-order chi connectivity index (χ1) is 11.7. The summed E-state index contributed by atoms with van der Waals surface area (Å²) in [6, 6.07) is 6.07. The van der Waals surface area contributed by atoms with Gasteiger partial charge < -0.3 is 10.1 Å². The minimum absolute atomic E-state index is 0.205. The van der Waals surface area contributed by atoms with Crippen molar-refractivity contribution >= 4 is 11.6 Å². The van der Waals surface area contributed by atoms with Crippen molar-refractivity contribution in [3.05, 3.63) is 23.8 Å². The number of ether oxygens (including phenoxy) is 1. The van der Waals surface area contributed by atoms with E-state index in [0.29, 0.717) is 0 Å². The van der Waals surface area contributed by atoms with Crippen LogP contribution in [0.5, 0.6) is 5.75 Å². The minimum atomic E-state index is -0.280. The van der Waals surface area contributed by atoms with Gasteiger partial charge in [-0.15, -0.1) is 0 Å². The topological polar surface area (TPSA) is 41.6 Å². The monoisotopic (exact) mass is 328 g/mol. The highest BCUT2D eigenvalue weighted by Crippen LogP contribution is 2.38. The Labute approximate surface area is 144 Å². The average molecular weight is 328 g/mol. The average Bonchev–Trinajstić information content (AvgIpc) is 3.24. The highest BCUT2D eigenvalue weighted by atomic mass is 16.5. The number of amides is 1. The van der Waals surface area contributed by atoms with E-state index in [4.69, 9.17) is 4.74 Å². The van der Waals surface area contributed by atoms with Gasteiger partial charge in [0.15, 0.2) is 0 Å². The molecule has 2 fully saturated rings. The molecule has 0 radical (unpaired) electrons. The molecule has 3 aliphatic rings. The van der Waals surface area contributed by atoms with Gasteiger partial charge in [0.1, 0.15) is 17.4 Å². The predicted molar refractivity (Wildman–Crippen MR) is 95.5 cm³/mol. The van der Waals surface area contributed by atoms with Crippen molar-refractivity contribution in [3.8, 4) is 5.75 Å². The molecule has 0 spiro atoms. The lowest BCUT2D eigenvalue weighted by Gasteiger charge is -2.43. The van der Waals surface area contributed by atoms with Gasteiger partial charge in [-0.05, 0) is 69.5 Å². The molecule has 1 atom stereocenters. The molecule has 4 rings (SSSR count). The second-order valence-corrected chi connectivity index (χ2v) is 7.70. The SMILES string of the molecule is CC1Cc2cc(NC(=O)C3(N4CCCC4)CCCCC3)ccc2O1. The van der Waals surface area contributed by atoms with E-state index in [9.17, 15) is 4.79 Å². The van der Waals surface area contributed by atoms with Crippen molar-refractivity contribution in [1.82, 2.24) is 4.90 Å². The molecule has 1 unspecified atom stereocenters. The summed E-state index contributed by atoms with van der Waals surface area (Å²) >= 11 is 0. The molecule has 1 saturated heterocycles. The maximum absolute atomic E-state index is 13.3. The van der Waals surface area contributed by atoms with Crippen LogP contribution in [0.1, 0.15) is 57.4 Å². The zero-order chi connectivity index (χ0) is 16.6. The first-order valence-electron chi connectivity index (χ1n) is 9.53. The molecule has 2 aliphatic heterocycles. The molecule has 1 saturated carbocycles. The van der Waals surface area contributed by atoms with E-state index in [1.54, 1.807) is 0 Å². The van der Waals surface area contributed by atoms with Crippen LogP contribution < -0.4 is 10.1 Å². The Balaban J connectivity index is 1.54. The summed E-state index contributed by atoms with van der Waals surface area (Å²) in [5, 5.41) is 3.24. The second kappa shape index (κ2) is 6.40. The number of hydrogen-bond donors (Lipinski definition) is 1. The van der Waals surface area contributed by atoms with E-state index in [1.165, 1.54) is 37.7 Å². The maximum atomic E-state index is 13.3. The summed E-state index contributed by atoms with van der Waals surface area (Å²) in [6.45, 7) is 4.23. The minimum Gasteiger partial charge on any atom is -0.490 e. The maximum Gasteiger partial charge on any atom is 0.244 e. The van der Waals surface area contributed by atoms with Crippen molar-refractivity contribution in [2.45, 2.75) is 69.9 Å². The van der Waals surface area contributed by atoms with E-state index < -0.39 is 0 Å². The first kappa shape index (κ1) is 15.9. The lowest BCUT2D eigenvalue weighted by atomic mass is 9.79. The number of carbonyl (C=O) groups is 1. The van der Waals surface area contributed by atoms with Crippen LogP contribution in [0.25, 0.3) is 0 Å². The molecule has 24 heavy (non-hydrogen) atoms. The molecular formula is C20H28N2O2. The summed E-state index contributed by atoms with van der Waals surface area (Å²) in [7, 11) is 0. The highest BCUT2D eigenvalue weighted by Gasteiger charge is 2.45. The van der Waals surface area contributed by atoms with E-state index in [2.05, 4.69) is 23.2 Å². The van der Waals surface area contributed by atoms with Crippen LogP contribution in [-0.4, -0.2) is 35.5 Å². The first-order valence-corrected chi connectivity index (χ1v) is 9.53. The molecule has 1 amide bonds. The van der Waals surface area contributed by atoms with Gasteiger partial charge in [-0.2, -0.15) is 0 Å². The number of likely N-dealkylation sites (tertiary alicyclic amines) is 1. The Morgan fingerprint density at radius 1 is 1.17 bits per heavy atom. The second-order valence-electron chi connectivity index (χ2n) is 7.70. The summed E-state index contributed by atoms with van der Waals surface area (Å²) in [6.07, 6.45) is 9.21. The highest BCUT2D eigenvalue weighted by molar-refractivity contribution is 5.98. The van der Waals surface area contributed by atoms with Crippen LogP contribution in [0, 0.1) is 0 Å². The quantitative estimate of drug-likeness (QED) is 0.919. The Bertz CT molecular complexity index is 616. The normalized spacial score (nSPS) is 26.0. The van der Waals surface area contributed by atoms with E-state index in [0.717, 1.165) is 43.8 Å². The lowest BCUT2D eigenvalue weighted by molar-refractivity contribution is -0.129. The number of anilines is 1. The predicted octanol–water partition coefficient (Wildman–Crippen LogP) is 3.75. The molecule has 1 aromatic rings. The standard InChI is InChI=1S/C20H28N2O2/c1-15-13-16-14-17(7-8-18(16)24-15)21-19(23)20(9-3-2-4-10-20)22-11-5-6-12-22/h7-8,14-15H,2-6,9-13H2,1H3,(H,21,23). The molecule has 0 aromatic heterocycles. The summed E-state index contributed by atoms with van der Waals surface area (Å²) in [4.78, 5) is 15.7. The lowest BCUT2D eigenvalue weighted by Crippen LogP contribution is -2.56. The van der Waals surface area contributed by atoms with Gasteiger partial charge in [0, 0.05) is 12.1 Å². The third-order valence-corrected chi connectivity index (χ3v) is 5.97. The zero-order valence-electron chi connectivity index (χ0n) is 14.6. The third kappa shape index (κ3) is 2.81. The third-order valence-electron chi connectivity index (χ3n) is 5.97. The van der Waals surface area contributed by atoms with E-state index >= 15 is 0 Å². The van der Waals surface area contributed by atoms with Gasteiger partial charge in [-0.25, -0.2) is 0 Å². The summed E-state index contributed by atoms with van der Waals surface area (Å²) in [5.41, 5.74) is 1.84. The molecule has 2 heterocycles. The Kier molecular flexibility index (Phi) is 4.25. The van der Waals surface area contributed by atoms with Gasteiger partial charge in [-0.3, -0.25) is 9.69 Å². The number of carbonyl (C=O) groups excluding carboxylic acids is 1. The molecule has 1 N–H and O–H groups in total. The number of nitrogens with one attached hydrogen (secondary N) is 1. The van der Waals surface area contributed by atoms with Gasteiger partial charge >= 0.3 is 0 Å². The number of hydrogen-bond acceptors (Lipinski definition) is 3. The molecule has 0 bridgehead atoms. The molecule has 1 aromatic carbocycles. The fraction of sp³-hybridized carbons (Fsp3) is 0.650. The number of nitrogens with zero attached hydrogens (tertiary/aromatic N) is 1. The van der Waals surface area contributed by atoms with Crippen molar-refractivity contribution in [2.75, 3.05) is 18.4 Å². The van der Waals surface area contributed by atoms with Crippen molar-refractivity contribution in [3.63, 3.8) is 0 Å². The van der Waals surface area contributed by atoms with Crippen molar-refractivity contribution in [2.24, 2.45) is 0 Å². The summed E-state index contributed by atoms with van der Waals surface area (Å²) < 4.78 is 5.76. The Morgan fingerprint density at radius 2 is 1.92 bits per heavy atom. The smallest absolute Gasteiger partial charge is 0.244 e. The van der Waals surface area contributed by atoms with Gasteiger partial charge in [0.25, 0.3) is 0 Å². The van der Waals surface area contributed by atoms with Gasteiger partial charge in [-0.1, -0.05) is 19.3 Å². The largest absolute Gasteiger partial charge is 0.490 e. The zero-order valence-corrected chi connectivity index (χ0v) is 14.6. The van der Waals surface area contributed by atoms with Crippen molar-refractivity contribution < 1.29 is 9.53 Å². The van der Waals surface area contributed by atoms with Crippen LogP contribution >= 0.6 is 0 Å². The number of benzene rings is 1. The van der Waals surface area contributed by atoms with Crippen LogP contribution in [0.15, 0.2) is 18.2 Å². The fourth-order valence-corrected chi connectivity index (χ4v) is 4.72. The van der Waals surface area contributed by atoms with E-state index in [-0.39, 0.29) is 17.6 Å². The molecule has 4 heteroatoms. The van der Waals surface area contributed by atoms with Crippen molar-refractivity contribution in [1.29, 1.82) is 0 Å². The fourth-order valence-electron chi connectivity index (χ4n) is 4.72. The number of rotatable bonds is 3. The molecule has 130 valence electrons. The van der Waals surface area contributed by atoms with Crippen LogP contribution in [0.2, 0.25) is 0 Å². The Morgan fingerprint density at radius 3 is 2.67 bits per heavy atom. The van der Waals surface area contributed by atoms with Gasteiger partial charge in [0.2, 0.25) is 5.91 Å². The summed E-state index contributed by atoms with van der Waals surface area (Å²) in [5.74, 6) is 1.17. The molecule has 4 nitrogen and oxygen atoms in total. The van der Waals surface area contributed by atoms with E-state index in [1.807, 2.05) is 12.1 Å². The Hall–Kier alpha value is -1.55. The number of fused-ring (bicyclic) bond motifs is 1. The van der Waals surface area contributed by atoms with Crippen LogP contribution in [-0.2, 0) is 11.2 Å². The van der Waals surface area contributed by atoms with Crippen LogP contribution in [0.4, 0.5) is 5.69 Å². The van der Waals surface area contributed by atoms with Gasteiger partial charge in [0.05, 0.1) is 0 Å². The molecular weight excluding hydrogens is 300 g/mol.